The third-order valence-corrected chi connectivity index (χ3v) is 2.20. The van der Waals surface area contributed by atoms with Gasteiger partial charge in [-0.2, -0.15) is 0 Å². The zero-order chi connectivity index (χ0) is 11.4. The fraction of sp³-hybridized carbons (Fsp3) is 0.167. The summed E-state index contributed by atoms with van der Waals surface area (Å²) in [4.78, 5) is 8.50. The van der Waals surface area contributed by atoms with Crippen molar-refractivity contribution in [1.29, 1.82) is 0 Å². The molecule has 0 aromatic carbocycles. The Balaban J connectivity index is 0.00000144. The normalized spacial score (nSPS) is 9.29. The van der Waals surface area contributed by atoms with Gasteiger partial charge in [0.2, 0.25) is 0 Å². The van der Waals surface area contributed by atoms with Crippen LogP contribution in [0.3, 0.4) is 0 Å². The van der Waals surface area contributed by atoms with E-state index in [0.29, 0.717) is 17.2 Å². The van der Waals surface area contributed by atoms with Gasteiger partial charge in [-0.15, -0.1) is 0 Å². The fourth-order valence-corrected chi connectivity index (χ4v) is 1.47. The van der Waals surface area contributed by atoms with Crippen molar-refractivity contribution in [2.24, 2.45) is 0 Å². The summed E-state index contributed by atoms with van der Waals surface area (Å²) in [5.41, 5.74) is 1.45. The molecule has 0 aliphatic rings. The molecule has 2 heterocycles. The largest absolute Gasteiger partial charge is 0.493 e. The van der Waals surface area contributed by atoms with Gasteiger partial charge >= 0.3 is 0 Å². The molecule has 0 spiro atoms. The van der Waals surface area contributed by atoms with Crippen LogP contribution in [0.2, 0.25) is 0 Å². The monoisotopic (exact) mass is 408 g/mol. The Hall–Kier alpha value is -1.46. The molecule has 5 heteroatoms. The number of rotatable bonds is 3. The van der Waals surface area contributed by atoms with E-state index in [9.17, 15) is 0 Å². The van der Waals surface area contributed by atoms with Crippen LogP contribution in [0.15, 0.2) is 36.7 Å². The average molecular weight is 406 g/mol. The molecule has 0 atom stereocenters. The molecular weight excluding hydrogens is 394 g/mol. The molecule has 17 heavy (non-hydrogen) atoms. The average Bonchev–Trinajstić information content (AvgIpc) is 2.38. The number of nitrogens with zero attached hydrogens (tertiary/aromatic N) is 2. The molecule has 0 radical (unpaired) electrons. The predicted octanol–water partition coefficient (Wildman–Crippen LogP) is 2.16. The van der Waals surface area contributed by atoms with Crippen LogP contribution in [-0.2, 0) is 19.8 Å². The summed E-state index contributed by atoms with van der Waals surface area (Å²) in [6.07, 6.45) is 3.39. The molecule has 0 bridgehead atoms. The van der Waals surface area contributed by atoms with E-state index in [4.69, 9.17) is 9.47 Å². The molecule has 0 fully saturated rings. The van der Waals surface area contributed by atoms with Gasteiger partial charge in [-0.25, -0.2) is 0 Å². The van der Waals surface area contributed by atoms with Crippen molar-refractivity contribution in [1.82, 2.24) is 9.97 Å². The SMILES string of the molecule is COc1ccnc(-c2ccccn2)c1OC.[Os]. The van der Waals surface area contributed by atoms with E-state index in [-0.39, 0.29) is 19.8 Å². The Morgan fingerprint density at radius 1 is 0.941 bits per heavy atom. The minimum absolute atomic E-state index is 0. The molecular formula is C12H12N2O2Os. The van der Waals surface area contributed by atoms with Crippen molar-refractivity contribution >= 4 is 0 Å². The Morgan fingerprint density at radius 3 is 2.35 bits per heavy atom. The summed E-state index contributed by atoms with van der Waals surface area (Å²) in [6, 6.07) is 7.40. The molecule has 2 aromatic rings. The van der Waals surface area contributed by atoms with Gasteiger partial charge in [0.1, 0.15) is 5.69 Å². The van der Waals surface area contributed by atoms with E-state index in [0.717, 1.165) is 5.69 Å². The first kappa shape index (κ1) is 13.6. The minimum Gasteiger partial charge on any atom is -0.493 e. The molecule has 0 amide bonds. The van der Waals surface area contributed by atoms with E-state index in [1.165, 1.54) is 0 Å². The van der Waals surface area contributed by atoms with Crippen LogP contribution >= 0.6 is 0 Å². The summed E-state index contributed by atoms with van der Waals surface area (Å²) in [6.45, 7) is 0. The van der Waals surface area contributed by atoms with Crippen molar-refractivity contribution in [2.45, 2.75) is 0 Å². The molecule has 2 rings (SSSR count). The second-order valence-corrected chi connectivity index (χ2v) is 3.11. The van der Waals surface area contributed by atoms with Crippen LogP contribution in [0.5, 0.6) is 11.5 Å². The third kappa shape index (κ3) is 2.81. The summed E-state index contributed by atoms with van der Waals surface area (Å²) >= 11 is 0. The number of hydrogen-bond acceptors (Lipinski definition) is 4. The summed E-state index contributed by atoms with van der Waals surface area (Å²) in [5.74, 6) is 1.25. The Labute approximate surface area is 113 Å². The van der Waals surface area contributed by atoms with E-state index < -0.39 is 0 Å². The van der Waals surface area contributed by atoms with Crippen LogP contribution in [0.1, 0.15) is 0 Å². The molecule has 0 unspecified atom stereocenters. The number of aromatic nitrogens is 2. The fourth-order valence-electron chi connectivity index (χ4n) is 1.47. The molecule has 0 saturated heterocycles. The Kier molecular flexibility index (Phi) is 5.05. The smallest absolute Gasteiger partial charge is 0.188 e. The topological polar surface area (TPSA) is 44.2 Å². The van der Waals surface area contributed by atoms with E-state index >= 15 is 0 Å². The molecule has 0 N–H and O–H groups in total. The number of ether oxygens (including phenoxy) is 2. The van der Waals surface area contributed by atoms with Crippen LogP contribution in [0.25, 0.3) is 11.4 Å². The second-order valence-electron chi connectivity index (χ2n) is 3.11. The standard InChI is InChI=1S/C12H12N2O2.Os/c1-15-10-6-8-14-11(12(10)16-2)9-5-3-4-7-13-9;/h3-8H,1-2H3;. The van der Waals surface area contributed by atoms with Crippen LogP contribution < -0.4 is 9.47 Å². The quantitative estimate of drug-likeness (QED) is 0.784. The van der Waals surface area contributed by atoms with E-state index in [1.54, 1.807) is 32.7 Å². The predicted molar refractivity (Wildman–Crippen MR) is 60.6 cm³/mol. The van der Waals surface area contributed by atoms with E-state index in [2.05, 4.69) is 9.97 Å². The first-order chi connectivity index (χ1) is 7.86. The van der Waals surface area contributed by atoms with Crippen molar-refractivity contribution in [3.05, 3.63) is 36.7 Å². The number of pyridine rings is 2. The zero-order valence-electron chi connectivity index (χ0n) is 9.53. The molecule has 90 valence electrons. The molecule has 0 saturated carbocycles. The van der Waals surface area contributed by atoms with E-state index in [1.807, 2.05) is 18.2 Å². The summed E-state index contributed by atoms with van der Waals surface area (Å²) < 4.78 is 10.5. The van der Waals surface area contributed by atoms with Gasteiger partial charge in [0.05, 0.1) is 19.9 Å². The molecule has 4 nitrogen and oxygen atoms in total. The van der Waals surface area contributed by atoms with Gasteiger partial charge < -0.3 is 9.47 Å². The molecule has 2 aromatic heterocycles. The Bertz CT molecular complexity index is 477. The maximum Gasteiger partial charge on any atom is 0.188 e. The second kappa shape index (κ2) is 6.32. The van der Waals surface area contributed by atoms with Gasteiger partial charge in [-0.1, -0.05) is 6.07 Å². The maximum absolute atomic E-state index is 5.29. The first-order valence-corrected chi connectivity index (χ1v) is 4.85. The van der Waals surface area contributed by atoms with Crippen LogP contribution in [0.4, 0.5) is 0 Å². The van der Waals surface area contributed by atoms with Crippen molar-refractivity contribution in [3.8, 4) is 22.9 Å². The van der Waals surface area contributed by atoms with Gasteiger partial charge in [-0.05, 0) is 12.1 Å². The van der Waals surface area contributed by atoms with Crippen LogP contribution in [-0.4, -0.2) is 24.2 Å². The number of methoxy groups -OCH3 is 2. The van der Waals surface area contributed by atoms with Crippen molar-refractivity contribution in [3.63, 3.8) is 0 Å². The van der Waals surface area contributed by atoms with Crippen LogP contribution in [0, 0.1) is 0 Å². The zero-order valence-corrected chi connectivity index (χ0v) is 12.1. The van der Waals surface area contributed by atoms with Gasteiger partial charge in [-0.3, -0.25) is 9.97 Å². The van der Waals surface area contributed by atoms with Crippen molar-refractivity contribution in [2.75, 3.05) is 14.2 Å². The summed E-state index contributed by atoms with van der Waals surface area (Å²) in [7, 11) is 3.19. The third-order valence-electron chi connectivity index (χ3n) is 2.20. The molecule has 0 aliphatic heterocycles. The maximum atomic E-state index is 5.29. The molecule has 0 aliphatic carbocycles. The summed E-state index contributed by atoms with van der Waals surface area (Å²) in [5, 5.41) is 0. The van der Waals surface area contributed by atoms with Gasteiger partial charge in [0.15, 0.2) is 11.5 Å². The Morgan fingerprint density at radius 2 is 1.76 bits per heavy atom. The number of hydrogen-bond donors (Lipinski definition) is 0. The first-order valence-electron chi connectivity index (χ1n) is 4.85. The van der Waals surface area contributed by atoms with Gasteiger partial charge in [0, 0.05) is 38.3 Å². The van der Waals surface area contributed by atoms with Crippen molar-refractivity contribution < 1.29 is 29.3 Å². The van der Waals surface area contributed by atoms with Gasteiger partial charge in [0.25, 0.3) is 0 Å². The minimum atomic E-state index is 0.